The van der Waals surface area contributed by atoms with E-state index in [1.54, 1.807) is 11.3 Å². The minimum atomic E-state index is 0.0159. The van der Waals surface area contributed by atoms with E-state index in [0.29, 0.717) is 13.0 Å². The van der Waals surface area contributed by atoms with Gasteiger partial charge in [0.05, 0.1) is 19.1 Å². The molecule has 1 N–H and O–H groups in total. The number of hydrogen-bond acceptors (Lipinski definition) is 3. The van der Waals surface area contributed by atoms with Crippen LogP contribution < -0.4 is 10.1 Å². The number of hydrogen-bond donors (Lipinski definition) is 1. The zero-order valence-electron chi connectivity index (χ0n) is 12.7. The Hall–Kier alpha value is -1.81. The molecule has 1 heterocycles. The molecular weight excluding hydrogens is 282 g/mol. The second-order valence-electron chi connectivity index (χ2n) is 5.12. The highest BCUT2D eigenvalue weighted by Gasteiger charge is 2.11. The molecule has 0 fully saturated rings. The smallest absolute Gasteiger partial charge is 0.223 e. The molecule has 0 bridgehead atoms. The van der Waals surface area contributed by atoms with Crippen LogP contribution in [0.1, 0.15) is 35.4 Å². The number of aryl methyl sites for hydroxylation is 2. The van der Waals surface area contributed by atoms with Gasteiger partial charge in [0.15, 0.2) is 0 Å². The summed E-state index contributed by atoms with van der Waals surface area (Å²) >= 11 is 1.65. The number of rotatable bonds is 6. The Kier molecular flexibility index (Phi) is 5.39. The van der Waals surface area contributed by atoms with Gasteiger partial charge in [-0.25, -0.2) is 0 Å². The summed E-state index contributed by atoms with van der Waals surface area (Å²) < 4.78 is 5.75. The number of thiophene rings is 1. The Morgan fingerprint density at radius 1 is 1.24 bits per heavy atom. The van der Waals surface area contributed by atoms with Crippen molar-refractivity contribution in [3.63, 3.8) is 0 Å². The van der Waals surface area contributed by atoms with Gasteiger partial charge >= 0.3 is 0 Å². The monoisotopic (exact) mass is 303 g/mol. The van der Waals surface area contributed by atoms with E-state index in [9.17, 15) is 4.79 Å². The molecule has 0 saturated carbocycles. The summed E-state index contributed by atoms with van der Waals surface area (Å²) in [5, 5.41) is 5.01. The van der Waals surface area contributed by atoms with Crippen LogP contribution in [0.2, 0.25) is 0 Å². The predicted molar refractivity (Wildman–Crippen MR) is 86.9 cm³/mol. The molecule has 2 rings (SSSR count). The summed E-state index contributed by atoms with van der Waals surface area (Å²) in [6.07, 6.45) is 0.365. The van der Waals surface area contributed by atoms with Gasteiger partial charge in [0.25, 0.3) is 0 Å². The van der Waals surface area contributed by atoms with Crippen LogP contribution in [0.4, 0.5) is 0 Å². The summed E-state index contributed by atoms with van der Waals surface area (Å²) in [5.74, 6) is 0.902. The number of para-hydroxylation sites is 1. The van der Waals surface area contributed by atoms with E-state index in [2.05, 4.69) is 5.32 Å². The second-order valence-corrected chi connectivity index (χ2v) is 6.10. The Morgan fingerprint density at radius 3 is 2.57 bits per heavy atom. The lowest BCUT2D eigenvalue weighted by molar-refractivity contribution is -0.122. The van der Waals surface area contributed by atoms with Crippen LogP contribution in [-0.2, 0) is 4.79 Å². The van der Waals surface area contributed by atoms with Crippen molar-refractivity contribution in [2.24, 2.45) is 0 Å². The SMILES string of the molecule is Cc1cccc(C)c1OCCC(=O)NC(C)c1cccs1. The zero-order chi connectivity index (χ0) is 15.2. The summed E-state index contributed by atoms with van der Waals surface area (Å²) in [6.45, 7) is 6.42. The van der Waals surface area contributed by atoms with E-state index in [0.717, 1.165) is 16.9 Å². The first kappa shape index (κ1) is 15.6. The van der Waals surface area contributed by atoms with Gasteiger partial charge in [-0.3, -0.25) is 4.79 Å². The quantitative estimate of drug-likeness (QED) is 0.875. The molecule has 1 aromatic heterocycles. The fraction of sp³-hybridized carbons (Fsp3) is 0.353. The molecule has 1 atom stereocenters. The first-order chi connectivity index (χ1) is 10.1. The maximum atomic E-state index is 11.9. The molecule has 1 amide bonds. The predicted octanol–water partition coefficient (Wildman–Crippen LogP) is 4.01. The van der Waals surface area contributed by atoms with Crippen LogP contribution >= 0.6 is 11.3 Å². The molecule has 0 aliphatic rings. The number of amides is 1. The topological polar surface area (TPSA) is 38.3 Å². The zero-order valence-corrected chi connectivity index (χ0v) is 13.5. The van der Waals surface area contributed by atoms with Crippen LogP contribution in [0.5, 0.6) is 5.75 Å². The molecule has 4 heteroatoms. The lowest BCUT2D eigenvalue weighted by Crippen LogP contribution is -2.27. The van der Waals surface area contributed by atoms with Crippen LogP contribution in [0.25, 0.3) is 0 Å². The highest BCUT2D eigenvalue weighted by Crippen LogP contribution is 2.22. The minimum Gasteiger partial charge on any atom is -0.493 e. The van der Waals surface area contributed by atoms with E-state index in [-0.39, 0.29) is 11.9 Å². The first-order valence-electron chi connectivity index (χ1n) is 7.09. The van der Waals surface area contributed by atoms with Crippen LogP contribution in [0.3, 0.4) is 0 Å². The molecule has 0 aliphatic heterocycles. The van der Waals surface area contributed by atoms with Crippen molar-refractivity contribution in [2.75, 3.05) is 6.61 Å². The fourth-order valence-corrected chi connectivity index (χ4v) is 2.93. The van der Waals surface area contributed by atoms with Crippen LogP contribution in [0, 0.1) is 13.8 Å². The molecule has 112 valence electrons. The van der Waals surface area contributed by atoms with Gasteiger partial charge in [-0.15, -0.1) is 11.3 Å². The second kappa shape index (κ2) is 7.27. The van der Waals surface area contributed by atoms with E-state index in [4.69, 9.17) is 4.74 Å². The molecule has 1 aromatic carbocycles. The van der Waals surface area contributed by atoms with Crippen molar-refractivity contribution >= 4 is 17.2 Å². The van der Waals surface area contributed by atoms with E-state index >= 15 is 0 Å². The van der Waals surface area contributed by atoms with Gasteiger partial charge < -0.3 is 10.1 Å². The minimum absolute atomic E-state index is 0.0159. The highest BCUT2D eigenvalue weighted by molar-refractivity contribution is 7.10. The third-order valence-electron chi connectivity index (χ3n) is 3.33. The average Bonchev–Trinajstić information content (AvgIpc) is 2.96. The van der Waals surface area contributed by atoms with Crippen molar-refractivity contribution in [3.8, 4) is 5.75 Å². The van der Waals surface area contributed by atoms with Gasteiger partial charge in [-0.2, -0.15) is 0 Å². The molecule has 2 aromatic rings. The van der Waals surface area contributed by atoms with Crippen molar-refractivity contribution < 1.29 is 9.53 Å². The average molecular weight is 303 g/mol. The number of carbonyl (C=O) groups is 1. The fourth-order valence-electron chi connectivity index (χ4n) is 2.20. The molecule has 0 saturated heterocycles. The van der Waals surface area contributed by atoms with Gasteiger partial charge in [-0.05, 0) is 43.3 Å². The van der Waals surface area contributed by atoms with Gasteiger partial charge in [-0.1, -0.05) is 24.3 Å². The number of carbonyl (C=O) groups excluding carboxylic acids is 1. The van der Waals surface area contributed by atoms with Crippen molar-refractivity contribution in [1.29, 1.82) is 0 Å². The van der Waals surface area contributed by atoms with Crippen molar-refractivity contribution in [1.82, 2.24) is 5.32 Å². The summed E-state index contributed by atoms with van der Waals surface area (Å²) in [4.78, 5) is 13.1. The van der Waals surface area contributed by atoms with E-state index in [1.807, 2.05) is 56.5 Å². The first-order valence-corrected chi connectivity index (χ1v) is 7.97. The van der Waals surface area contributed by atoms with Gasteiger partial charge in [0, 0.05) is 4.88 Å². The van der Waals surface area contributed by atoms with Gasteiger partial charge in [0.2, 0.25) is 5.91 Å². The van der Waals surface area contributed by atoms with E-state index in [1.165, 1.54) is 4.88 Å². The molecule has 0 spiro atoms. The highest BCUT2D eigenvalue weighted by atomic mass is 32.1. The lowest BCUT2D eigenvalue weighted by atomic mass is 10.1. The Balaban J connectivity index is 1.79. The van der Waals surface area contributed by atoms with E-state index < -0.39 is 0 Å². The molecule has 21 heavy (non-hydrogen) atoms. The third kappa shape index (κ3) is 4.33. The summed E-state index contributed by atoms with van der Waals surface area (Å²) in [5.41, 5.74) is 2.20. The normalized spacial score (nSPS) is 12.0. The molecule has 1 unspecified atom stereocenters. The Labute approximate surface area is 130 Å². The largest absolute Gasteiger partial charge is 0.493 e. The van der Waals surface area contributed by atoms with Crippen LogP contribution in [-0.4, -0.2) is 12.5 Å². The standard InChI is InChI=1S/C17H21NO2S/c1-12-6-4-7-13(2)17(12)20-10-9-16(19)18-14(3)15-8-5-11-21-15/h4-8,11,14H,9-10H2,1-3H3,(H,18,19). The number of benzene rings is 1. The molecule has 0 aliphatic carbocycles. The molecular formula is C17H21NO2S. The summed E-state index contributed by atoms with van der Waals surface area (Å²) in [6, 6.07) is 10.1. The lowest BCUT2D eigenvalue weighted by Gasteiger charge is -2.14. The maximum Gasteiger partial charge on any atom is 0.223 e. The van der Waals surface area contributed by atoms with Crippen molar-refractivity contribution in [3.05, 3.63) is 51.7 Å². The maximum absolute atomic E-state index is 11.9. The Bertz CT molecular complexity index is 573. The summed E-state index contributed by atoms with van der Waals surface area (Å²) in [7, 11) is 0. The number of ether oxygens (including phenoxy) is 1. The molecule has 0 radical (unpaired) electrons. The number of nitrogens with one attached hydrogen (secondary N) is 1. The third-order valence-corrected chi connectivity index (χ3v) is 4.39. The Morgan fingerprint density at radius 2 is 1.95 bits per heavy atom. The van der Waals surface area contributed by atoms with Crippen LogP contribution in [0.15, 0.2) is 35.7 Å². The van der Waals surface area contributed by atoms with Gasteiger partial charge in [0.1, 0.15) is 5.75 Å². The molecule has 3 nitrogen and oxygen atoms in total. The van der Waals surface area contributed by atoms with Crippen molar-refractivity contribution in [2.45, 2.75) is 33.2 Å².